The molecule has 1 N–H and O–H groups in total. The molecule has 1 saturated carbocycles. The fraction of sp³-hybridized carbons (Fsp3) is 0.400. The predicted molar refractivity (Wildman–Crippen MR) is 87.0 cm³/mol. The van der Waals surface area contributed by atoms with E-state index in [1.54, 1.807) is 24.4 Å². The molecule has 1 fully saturated rings. The third-order valence-corrected chi connectivity index (χ3v) is 5.21. The van der Waals surface area contributed by atoms with Gasteiger partial charge in [0.15, 0.2) is 0 Å². The van der Waals surface area contributed by atoms with Crippen LogP contribution in [0.5, 0.6) is 0 Å². The molecule has 1 aromatic carbocycles. The Morgan fingerprint density at radius 1 is 1.38 bits per heavy atom. The third-order valence-electron chi connectivity index (χ3n) is 4.04. The minimum Gasteiger partial charge on any atom is -0.376 e. The first kappa shape index (κ1) is 14.1. The number of aromatic nitrogens is 1. The van der Waals surface area contributed by atoms with Crippen LogP contribution in [0.2, 0.25) is 0 Å². The summed E-state index contributed by atoms with van der Waals surface area (Å²) in [6.07, 6.45) is 7.16. The van der Waals surface area contributed by atoms with E-state index in [-0.39, 0.29) is 10.6 Å². The molecule has 2 unspecified atom stereocenters. The summed E-state index contributed by atoms with van der Waals surface area (Å²) >= 11 is 1.83. The van der Waals surface area contributed by atoms with Crippen LogP contribution in [0.3, 0.4) is 0 Å². The first-order valence-electron chi connectivity index (χ1n) is 7.02. The maximum absolute atomic E-state index is 11.5. The number of benzene rings is 1. The Bertz CT molecular complexity index is 677. The Labute approximate surface area is 127 Å². The number of nitrogens with one attached hydrogen (secondary N) is 1. The van der Waals surface area contributed by atoms with Crippen LogP contribution in [0.25, 0.3) is 10.9 Å². The van der Waals surface area contributed by atoms with Gasteiger partial charge < -0.3 is 5.32 Å². The lowest BCUT2D eigenvalue weighted by molar-refractivity contribution is -0.382. The zero-order chi connectivity index (χ0) is 14.8. The number of hydrogen-bond donors (Lipinski definition) is 1. The van der Waals surface area contributed by atoms with E-state index in [4.69, 9.17) is 0 Å². The van der Waals surface area contributed by atoms with E-state index in [0.717, 1.165) is 6.42 Å². The maximum atomic E-state index is 11.5. The minimum absolute atomic E-state index is 0.132. The van der Waals surface area contributed by atoms with Crippen LogP contribution < -0.4 is 5.32 Å². The highest BCUT2D eigenvalue weighted by Gasteiger charge is 2.29. The summed E-state index contributed by atoms with van der Waals surface area (Å²) in [5, 5.41) is 16.0. The Balaban J connectivity index is 2.02. The molecular weight excluding hydrogens is 286 g/mol. The number of pyridine rings is 1. The van der Waals surface area contributed by atoms with E-state index in [0.29, 0.717) is 27.9 Å². The highest BCUT2D eigenvalue weighted by Crippen LogP contribution is 2.36. The fourth-order valence-electron chi connectivity index (χ4n) is 3.02. The van der Waals surface area contributed by atoms with Gasteiger partial charge >= 0.3 is 5.69 Å². The predicted octanol–water partition coefficient (Wildman–Crippen LogP) is 3.84. The topological polar surface area (TPSA) is 68.1 Å². The van der Waals surface area contributed by atoms with E-state index in [2.05, 4.69) is 16.6 Å². The van der Waals surface area contributed by atoms with E-state index in [1.807, 2.05) is 17.8 Å². The largest absolute Gasteiger partial charge is 0.376 e. The van der Waals surface area contributed by atoms with Crippen molar-refractivity contribution < 1.29 is 4.92 Å². The van der Waals surface area contributed by atoms with Gasteiger partial charge in [0.05, 0.1) is 15.8 Å². The lowest BCUT2D eigenvalue weighted by Crippen LogP contribution is -2.26. The van der Waals surface area contributed by atoms with Crippen LogP contribution in [-0.4, -0.2) is 27.5 Å². The molecule has 1 heterocycles. The van der Waals surface area contributed by atoms with Gasteiger partial charge in [-0.2, -0.15) is 11.8 Å². The van der Waals surface area contributed by atoms with Crippen molar-refractivity contribution in [2.45, 2.75) is 30.6 Å². The second-order valence-corrected chi connectivity index (χ2v) is 6.32. The van der Waals surface area contributed by atoms with Crippen molar-refractivity contribution in [2.75, 3.05) is 11.6 Å². The molecule has 5 nitrogen and oxygen atoms in total. The Kier molecular flexibility index (Phi) is 3.96. The molecule has 3 rings (SSSR count). The average molecular weight is 303 g/mol. The van der Waals surface area contributed by atoms with E-state index >= 15 is 0 Å². The van der Waals surface area contributed by atoms with Crippen molar-refractivity contribution in [3.8, 4) is 0 Å². The normalized spacial score (nSPS) is 21.6. The maximum Gasteiger partial charge on any atom is 0.301 e. The van der Waals surface area contributed by atoms with Crippen molar-refractivity contribution in [3.63, 3.8) is 0 Å². The number of nitro groups is 1. The summed E-state index contributed by atoms with van der Waals surface area (Å²) in [5.41, 5.74) is 1.39. The quantitative estimate of drug-likeness (QED) is 0.686. The van der Waals surface area contributed by atoms with Crippen molar-refractivity contribution in [3.05, 3.63) is 40.6 Å². The number of hydrogen-bond acceptors (Lipinski definition) is 5. The summed E-state index contributed by atoms with van der Waals surface area (Å²) < 4.78 is 0. The Morgan fingerprint density at radius 3 is 3.00 bits per heavy atom. The first-order chi connectivity index (χ1) is 10.2. The molecule has 6 heteroatoms. The molecule has 2 aromatic rings. The molecule has 1 aliphatic carbocycles. The fourth-order valence-corrected chi connectivity index (χ4v) is 3.96. The summed E-state index contributed by atoms with van der Waals surface area (Å²) in [5.74, 6) is 0. The van der Waals surface area contributed by atoms with Crippen LogP contribution in [0.15, 0.2) is 30.5 Å². The molecule has 1 aromatic heterocycles. The van der Waals surface area contributed by atoms with Gasteiger partial charge in [0.2, 0.25) is 0 Å². The van der Waals surface area contributed by atoms with Crippen LogP contribution in [0.4, 0.5) is 11.4 Å². The Morgan fingerprint density at radius 2 is 2.24 bits per heavy atom. The lowest BCUT2D eigenvalue weighted by atomic mass is 10.1. The monoisotopic (exact) mass is 303 g/mol. The molecule has 0 bridgehead atoms. The zero-order valence-electron chi connectivity index (χ0n) is 11.8. The highest BCUT2D eigenvalue weighted by molar-refractivity contribution is 7.99. The van der Waals surface area contributed by atoms with Crippen molar-refractivity contribution in [1.82, 2.24) is 4.98 Å². The summed E-state index contributed by atoms with van der Waals surface area (Å²) in [6.45, 7) is 0. The van der Waals surface area contributed by atoms with E-state index in [1.165, 1.54) is 12.8 Å². The second kappa shape index (κ2) is 5.89. The van der Waals surface area contributed by atoms with Gasteiger partial charge in [-0.25, -0.2) is 0 Å². The molecule has 2 atom stereocenters. The molecule has 0 spiro atoms. The average Bonchev–Trinajstić information content (AvgIpc) is 2.93. The summed E-state index contributed by atoms with van der Waals surface area (Å²) in [4.78, 5) is 15.4. The van der Waals surface area contributed by atoms with E-state index in [9.17, 15) is 10.1 Å². The standard InChI is InChI=1S/C15H17N3O2S/c1-21-14-6-2-5-12(14)17-13-8-7-11-10(4-3-9-16-11)15(13)18(19)20/h3-4,7-9,12,14,17H,2,5-6H2,1H3. The molecule has 110 valence electrons. The molecule has 0 amide bonds. The number of nitrogens with zero attached hydrogens (tertiary/aromatic N) is 2. The molecule has 0 radical (unpaired) electrons. The smallest absolute Gasteiger partial charge is 0.301 e. The zero-order valence-corrected chi connectivity index (χ0v) is 12.6. The Hall–Kier alpha value is -1.82. The van der Waals surface area contributed by atoms with Gasteiger partial charge in [0, 0.05) is 17.5 Å². The van der Waals surface area contributed by atoms with Crippen LogP contribution in [0, 0.1) is 10.1 Å². The van der Waals surface area contributed by atoms with Crippen molar-refractivity contribution >= 4 is 34.0 Å². The first-order valence-corrected chi connectivity index (χ1v) is 8.31. The lowest BCUT2D eigenvalue weighted by Gasteiger charge is -2.20. The SMILES string of the molecule is CSC1CCCC1Nc1ccc2ncccc2c1[N+](=O)[O-]. The molecule has 1 aliphatic rings. The van der Waals surface area contributed by atoms with Gasteiger partial charge in [0.25, 0.3) is 0 Å². The van der Waals surface area contributed by atoms with Gasteiger partial charge in [-0.05, 0) is 43.4 Å². The number of thioether (sulfide) groups is 1. The molecule has 0 aliphatic heterocycles. The van der Waals surface area contributed by atoms with Gasteiger partial charge in [-0.1, -0.05) is 6.42 Å². The summed E-state index contributed by atoms with van der Waals surface area (Å²) in [6, 6.07) is 7.41. The number of fused-ring (bicyclic) bond motifs is 1. The number of anilines is 1. The van der Waals surface area contributed by atoms with Crippen LogP contribution in [0.1, 0.15) is 19.3 Å². The van der Waals surface area contributed by atoms with Gasteiger partial charge in [0.1, 0.15) is 5.69 Å². The van der Waals surface area contributed by atoms with Crippen molar-refractivity contribution in [1.29, 1.82) is 0 Å². The number of rotatable bonds is 4. The molecule has 0 saturated heterocycles. The second-order valence-electron chi connectivity index (χ2n) is 5.24. The van der Waals surface area contributed by atoms with Crippen molar-refractivity contribution in [2.24, 2.45) is 0 Å². The molecule has 21 heavy (non-hydrogen) atoms. The van der Waals surface area contributed by atoms with E-state index < -0.39 is 0 Å². The summed E-state index contributed by atoms with van der Waals surface area (Å²) in [7, 11) is 0. The third kappa shape index (κ3) is 2.68. The van der Waals surface area contributed by atoms with Crippen LogP contribution in [-0.2, 0) is 0 Å². The number of nitro benzene ring substituents is 1. The van der Waals surface area contributed by atoms with Crippen LogP contribution >= 0.6 is 11.8 Å². The molecular formula is C15H17N3O2S. The van der Waals surface area contributed by atoms with Gasteiger partial charge in [-0.3, -0.25) is 15.1 Å². The van der Waals surface area contributed by atoms with Gasteiger partial charge in [-0.15, -0.1) is 0 Å². The minimum atomic E-state index is -0.310. The highest BCUT2D eigenvalue weighted by atomic mass is 32.2.